The third-order valence-electron chi connectivity index (χ3n) is 2.86. The fourth-order valence-electron chi connectivity index (χ4n) is 1.93. The van der Waals surface area contributed by atoms with Crippen molar-refractivity contribution in [3.05, 3.63) is 41.2 Å². The van der Waals surface area contributed by atoms with Crippen LogP contribution in [0.5, 0.6) is 5.75 Å². The first-order chi connectivity index (χ1) is 9.01. The molecule has 0 unspecified atom stereocenters. The van der Waals surface area contributed by atoms with Crippen LogP contribution in [-0.2, 0) is 7.05 Å². The lowest BCUT2D eigenvalue weighted by molar-refractivity contribution is 0.102. The second-order valence-corrected chi connectivity index (χ2v) is 4.46. The number of benzene rings is 1. The lowest BCUT2D eigenvalue weighted by Gasteiger charge is -2.10. The van der Waals surface area contributed by atoms with E-state index in [2.05, 4.69) is 10.4 Å². The number of ether oxygens (including phenoxy) is 1. The summed E-state index contributed by atoms with van der Waals surface area (Å²) < 4.78 is 6.86. The second kappa shape index (κ2) is 5.14. The average Bonchev–Trinajstić information content (AvgIpc) is 2.69. The van der Waals surface area contributed by atoms with Crippen molar-refractivity contribution < 1.29 is 9.53 Å². The smallest absolute Gasteiger partial charge is 0.259 e. The molecule has 1 heterocycles. The van der Waals surface area contributed by atoms with Crippen molar-refractivity contribution in [2.75, 3.05) is 12.4 Å². The van der Waals surface area contributed by atoms with E-state index in [4.69, 9.17) is 4.74 Å². The van der Waals surface area contributed by atoms with E-state index >= 15 is 0 Å². The molecule has 5 nitrogen and oxygen atoms in total. The van der Waals surface area contributed by atoms with Crippen molar-refractivity contribution in [3.63, 3.8) is 0 Å². The van der Waals surface area contributed by atoms with E-state index in [1.807, 2.05) is 32.0 Å². The van der Waals surface area contributed by atoms with Gasteiger partial charge in [0.15, 0.2) is 0 Å². The predicted octanol–water partition coefficient (Wildman–Crippen LogP) is 2.30. The number of rotatable bonds is 3. The van der Waals surface area contributed by atoms with Gasteiger partial charge in [-0.1, -0.05) is 6.07 Å². The molecule has 2 aromatic rings. The number of amides is 1. The summed E-state index contributed by atoms with van der Waals surface area (Å²) in [5, 5.41) is 7.01. The number of nitrogens with one attached hydrogen (secondary N) is 1. The fourth-order valence-corrected chi connectivity index (χ4v) is 1.93. The molecular weight excluding hydrogens is 242 g/mol. The first-order valence-electron chi connectivity index (χ1n) is 5.97. The standard InChI is InChI=1S/C14H17N3O2/c1-9-5-6-13(19-4)12(7-9)15-14(18)11-8-17(3)16-10(11)2/h5-8H,1-4H3,(H,15,18). The van der Waals surface area contributed by atoms with E-state index in [1.165, 1.54) is 0 Å². The van der Waals surface area contributed by atoms with Gasteiger partial charge in [-0.2, -0.15) is 5.10 Å². The Kier molecular flexibility index (Phi) is 3.55. The minimum atomic E-state index is -0.186. The van der Waals surface area contributed by atoms with Crippen LogP contribution in [0.4, 0.5) is 5.69 Å². The molecule has 100 valence electrons. The zero-order valence-corrected chi connectivity index (χ0v) is 11.5. The number of hydrogen-bond donors (Lipinski definition) is 1. The van der Waals surface area contributed by atoms with E-state index in [0.717, 1.165) is 5.56 Å². The Balaban J connectivity index is 2.28. The van der Waals surface area contributed by atoms with Crippen molar-refractivity contribution in [2.45, 2.75) is 13.8 Å². The molecule has 0 saturated carbocycles. The third-order valence-corrected chi connectivity index (χ3v) is 2.86. The van der Waals surface area contributed by atoms with Crippen LogP contribution in [0, 0.1) is 13.8 Å². The molecule has 2 rings (SSSR count). The SMILES string of the molecule is COc1ccc(C)cc1NC(=O)c1cn(C)nc1C. The van der Waals surface area contributed by atoms with Crippen LogP contribution in [0.2, 0.25) is 0 Å². The molecule has 0 bridgehead atoms. The van der Waals surface area contributed by atoms with Gasteiger partial charge in [-0.3, -0.25) is 9.48 Å². The highest BCUT2D eigenvalue weighted by molar-refractivity contribution is 6.05. The lowest BCUT2D eigenvalue weighted by atomic mass is 10.2. The van der Waals surface area contributed by atoms with Gasteiger partial charge in [0.2, 0.25) is 0 Å². The molecule has 1 aromatic heterocycles. The van der Waals surface area contributed by atoms with Crippen LogP contribution in [0.3, 0.4) is 0 Å². The minimum absolute atomic E-state index is 0.186. The van der Waals surface area contributed by atoms with Crippen molar-refractivity contribution in [3.8, 4) is 5.75 Å². The highest BCUT2D eigenvalue weighted by Crippen LogP contribution is 2.25. The molecule has 0 aliphatic rings. The molecule has 0 fully saturated rings. The number of aromatic nitrogens is 2. The van der Waals surface area contributed by atoms with Crippen molar-refractivity contribution >= 4 is 11.6 Å². The Hall–Kier alpha value is -2.30. The Bertz CT molecular complexity index is 617. The van der Waals surface area contributed by atoms with Crippen molar-refractivity contribution in [1.29, 1.82) is 0 Å². The number of hydrogen-bond acceptors (Lipinski definition) is 3. The molecule has 1 amide bonds. The van der Waals surface area contributed by atoms with Crippen LogP contribution in [0.15, 0.2) is 24.4 Å². The van der Waals surface area contributed by atoms with Gasteiger partial charge in [-0.25, -0.2) is 0 Å². The van der Waals surface area contributed by atoms with Crippen molar-refractivity contribution in [2.24, 2.45) is 7.05 Å². The zero-order valence-electron chi connectivity index (χ0n) is 11.5. The Morgan fingerprint density at radius 1 is 1.37 bits per heavy atom. The van der Waals surface area contributed by atoms with Gasteiger partial charge in [-0.15, -0.1) is 0 Å². The number of nitrogens with zero attached hydrogens (tertiary/aromatic N) is 2. The second-order valence-electron chi connectivity index (χ2n) is 4.46. The highest BCUT2D eigenvalue weighted by Gasteiger charge is 2.14. The van der Waals surface area contributed by atoms with Gasteiger partial charge in [0.1, 0.15) is 5.75 Å². The lowest BCUT2D eigenvalue weighted by Crippen LogP contribution is -2.13. The molecule has 0 aliphatic heterocycles. The van der Waals surface area contributed by atoms with E-state index in [-0.39, 0.29) is 5.91 Å². The largest absolute Gasteiger partial charge is 0.495 e. The summed E-state index contributed by atoms with van der Waals surface area (Å²) in [6.07, 6.45) is 1.70. The zero-order chi connectivity index (χ0) is 14.0. The molecule has 5 heteroatoms. The molecule has 1 N–H and O–H groups in total. The molecule has 1 aromatic carbocycles. The molecule has 0 aliphatic carbocycles. The summed E-state index contributed by atoms with van der Waals surface area (Å²) in [5.41, 5.74) is 2.98. The molecule has 0 spiro atoms. The monoisotopic (exact) mass is 259 g/mol. The minimum Gasteiger partial charge on any atom is -0.495 e. The topological polar surface area (TPSA) is 56.1 Å². The molecule has 0 atom stereocenters. The highest BCUT2D eigenvalue weighted by atomic mass is 16.5. The quantitative estimate of drug-likeness (QED) is 0.920. The van der Waals surface area contributed by atoms with Gasteiger partial charge in [-0.05, 0) is 31.5 Å². The van der Waals surface area contributed by atoms with Crippen LogP contribution in [0.1, 0.15) is 21.6 Å². The maximum Gasteiger partial charge on any atom is 0.259 e. The summed E-state index contributed by atoms with van der Waals surface area (Å²) in [6, 6.07) is 5.65. The molecule has 0 radical (unpaired) electrons. The van der Waals surface area contributed by atoms with Gasteiger partial charge < -0.3 is 10.1 Å². The first kappa shape index (κ1) is 13.1. The Morgan fingerprint density at radius 2 is 2.11 bits per heavy atom. The maximum absolute atomic E-state index is 12.2. The Labute approximate surface area is 112 Å². The summed E-state index contributed by atoms with van der Waals surface area (Å²) in [5.74, 6) is 0.454. The van der Waals surface area contributed by atoms with Crippen LogP contribution in [0.25, 0.3) is 0 Å². The van der Waals surface area contributed by atoms with E-state index in [9.17, 15) is 4.79 Å². The summed E-state index contributed by atoms with van der Waals surface area (Å²) >= 11 is 0. The summed E-state index contributed by atoms with van der Waals surface area (Å²) in [4.78, 5) is 12.2. The van der Waals surface area contributed by atoms with Crippen LogP contribution in [-0.4, -0.2) is 22.8 Å². The third kappa shape index (κ3) is 2.76. The van der Waals surface area contributed by atoms with E-state index in [0.29, 0.717) is 22.7 Å². The molecular formula is C14H17N3O2. The molecule has 0 saturated heterocycles. The van der Waals surface area contributed by atoms with Crippen molar-refractivity contribution in [1.82, 2.24) is 9.78 Å². The van der Waals surface area contributed by atoms with Crippen LogP contribution < -0.4 is 10.1 Å². The summed E-state index contributed by atoms with van der Waals surface area (Å²) in [6.45, 7) is 3.77. The van der Waals surface area contributed by atoms with Crippen LogP contribution >= 0.6 is 0 Å². The van der Waals surface area contributed by atoms with Gasteiger partial charge >= 0.3 is 0 Å². The first-order valence-corrected chi connectivity index (χ1v) is 5.97. The number of aryl methyl sites for hydroxylation is 3. The van der Waals surface area contributed by atoms with Gasteiger partial charge in [0.05, 0.1) is 24.1 Å². The number of carbonyl (C=O) groups is 1. The maximum atomic E-state index is 12.2. The van der Waals surface area contributed by atoms with E-state index in [1.54, 1.807) is 25.0 Å². The Morgan fingerprint density at radius 3 is 2.68 bits per heavy atom. The number of methoxy groups -OCH3 is 1. The van der Waals surface area contributed by atoms with Gasteiger partial charge in [0.25, 0.3) is 5.91 Å². The fraction of sp³-hybridized carbons (Fsp3) is 0.286. The van der Waals surface area contributed by atoms with Gasteiger partial charge in [0, 0.05) is 13.2 Å². The normalized spacial score (nSPS) is 10.3. The number of carbonyl (C=O) groups excluding carboxylic acids is 1. The van der Waals surface area contributed by atoms with E-state index < -0.39 is 0 Å². The number of anilines is 1. The summed E-state index contributed by atoms with van der Waals surface area (Å²) in [7, 11) is 3.37. The molecule has 19 heavy (non-hydrogen) atoms. The average molecular weight is 259 g/mol. The predicted molar refractivity (Wildman–Crippen MR) is 73.6 cm³/mol.